The fraction of sp³-hybridized carbons (Fsp3) is 0.538. The average Bonchev–Trinajstić information content (AvgIpc) is 2.16. The van der Waals surface area contributed by atoms with Crippen LogP contribution in [-0.4, -0.2) is 7.05 Å². The van der Waals surface area contributed by atoms with Crippen molar-refractivity contribution in [3.63, 3.8) is 0 Å². The Labute approximate surface area is 95.9 Å². The number of rotatable bonds is 4. The maximum absolute atomic E-state index is 13.1. The van der Waals surface area contributed by atoms with Crippen molar-refractivity contribution in [2.24, 2.45) is 5.41 Å². The normalized spacial score (nSPS) is 13.9. The zero-order valence-corrected chi connectivity index (χ0v) is 10.3. The molecule has 1 unspecified atom stereocenters. The maximum atomic E-state index is 13.1. The first-order valence-electron chi connectivity index (χ1n) is 5.54. The van der Waals surface area contributed by atoms with Crippen LogP contribution in [-0.2, 0) is 0 Å². The molecule has 0 saturated heterocycles. The van der Waals surface area contributed by atoms with Gasteiger partial charge in [-0.2, -0.15) is 0 Å². The Bertz CT molecular complexity index is 341. The van der Waals surface area contributed by atoms with Gasteiger partial charge in [0.15, 0.2) is 0 Å². The lowest BCUT2D eigenvalue weighted by molar-refractivity contribution is 0.244. The lowest BCUT2D eigenvalue weighted by atomic mass is 9.78. The summed E-state index contributed by atoms with van der Waals surface area (Å²) in [5.74, 6) is -1.05. The quantitative estimate of drug-likeness (QED) is 0.827. The molecule has 3 heteroatoms. The van der Waals surface area contributed by atoms with Crippen molar-refractivity contribution in [1.82, 2.24) is 5.32 Å². The molecule has 1 N–H and O–H groups in total. The second-order valence-electron chi connectivity index (χ2n) is 4.77. The monoisotopic (exact) mass is 227 g/mol. The number of halogens is 2. The average molecular weight is 227 g/mol. The highest BCUT2D eigenvalue weighted by Crippen LogP contribution is 2.36. The van der Waals surface area contributed by atoms with Gasteiger partial charge in [-0.3, -0.25) is 0 Å². The lowest BCUT2D eigenvalue weighted by Crippen LogP contribution is -2.31. The molecule has 1 rings (SSSR count). The van der Waals surface area contributed by atoms with Gasteiger partial charge in [-0.25, -0.2) is 8.78 Å². The highest BCUT2D eigenvalue weighted by Gasteiger charge is 2.28. The standard InChI is InChI=1S/C13H19F2N/c1-5-13(2,3)12(16-4)9-6-10(14)8-11(15)7-9/h6-8,12,16H,5H2,1-4H3. The van der Waals surface area contributed by atoms with Crippen LogP contribution in [0.2, 0.25) is 0 Å². The van der Waals surface area contributed by atoms with E-state index in [1.165, 1.54) is 12.1 Å². The SMILES string of the molecule is CCC(C)(C)C(NC)c1cc(F)cc(F)c1. The van der Waals surface area contributed by atoms with Gasteiger partial charge in [0.25, 0.3) is 0 Å². The molecule has 0 aliphatic rings. The van der Waals surface area contributed by atoms with Crippen LogP contribution in [0.25, 0.3) is 0 Å². The van der Waals surface area contributed by atoms with Crippen LogP contribution >= 0.6 is 0 Å². The number of hydrogen-bond donors (Lipinski definition) is 1. The highest BCUT2D eigenvalue weighted by molar-refractivity contribution is 5.23. The Kier molecular flexibility index (Phi) is 4.03. The van der Waals surface area contributed by atoms with Crippen LogP contribution in [0, 0.1) is 17.0 Å². The molecule has 0 spiro atoms. The van der Waals surface area contributed by atoms with E-state index in [2.05, 4.69) is 26.1 Å². The topological polar surface area (TPSA) is 12.0 Å². The van der Waals surface area contributed by atoms with Crippen LogP contribution in [0.3, 0.4) is 0 Å². The van der Waals surface area contributed by atoms with Crippen molar-refractivity contribution in [2.45, 2.75) is 33.2 Å². The molecule has 0 fully saturated rings. The Morgan fingerprint density at radius 1 is 1.19 bits per heavy atom. The Morgan fingerprint density at radius 3 is 2.06 bits per heavy atom. The van der Waals surface area contributed by atoms with E-state index in [-0.39, 0.29) is 11.5 Å². The predicted octanol–water partition coefficient (Wildman–Crippen LogP) is 3.66. The first kappa shape index (κ1) is 13.1. The fourth-order valence-corrected chi connectivity index (χ4v) is 1.95. The fourth-order valence-electron chi connectivity index (χ4n) is 1.95. The number of hydrogen-bond acceptors (Lipinski definition) is 1. The van der Waals surface area contributed by atoms with Crippen molar-refractivity contribution >= 4 is 0 Å². The first-order valence-corrected chi connectivity index (χ1v) is 5.54. The molecule has 1 aromatic carbocycles. The van der Waals surface area contributed by atoms with Gasteiger partial charge in [0.2, 0.25) is 0 Å². The van der Waals surface area contributed by atoms with Crippen LogP contribution in [0.1, 0.15) is 38.8 Å². The van der Waals surface area contributed by atoms with Gasteiger partial charge < -0.3 is 5.32 Å². The molecular weight excluding hydrogens is 208 g/mol. The second kappa shape index (κ2) is 4.91. The predicted molar refractivity (Wildman–Crippen MR) is 62.2 cm³/mol. The smallest absolute Gasteiger partial charge is 0.126 e. The van der Waals surface area contributed by atoms with Crippen molar-refractivity contribution < 1.29 is 8.78 Å². The van der Waals surface area contributed by atoms with Crippen LogP contribution in [0.5, 0.6) is 0 Å². The van der Waals surface area contributed by atoms with Crippen molar-refractivity contribution in [2.75, 3.05) is 7.05 Å². The van der Waals surface area contributed by atoms with E-state index in [0.29, 0.717) is 5.56 Å². The molecule has 90 valence electrons. The zero-order chi connectivity index (χ0) is 12.3. The van der Waals surface area contributed by atoms with Gasteiger partial charge in [0.1, 0.15) is 11.6 Å². The van der Waals surface area contributed by atoms with Gasteiger partial charge in [-0.15, -0.1) is 0 Å². The third-order valence-corrected chi connectivity index (χ3v) is 3.20. The van der Waals surface area contributed by atoms with Gasteiger partial charge in [0, 0.05) is 12.1 Å². The van der Waals surface area contributed by atoms with Crippen molar-refractivity contribution in [3.05, 3.63) is 35.4 Å². The third-order valence-electron chi connectivity index (χ3n) is 3.20. The summed E-state index contributed by atoms with van der Waals surface area (Å²) < 4.78 is 26.3. The summed E-state index contributed by atoms with van der Waals surface area (Å²) in [6.45, 7) is 6.23. The van der Waals surface area contributed by atoms with E-state index in [4.69, 9.17) is 0 Å². The summed E-state index contributed by atoms with van der Waals surface area (Å²) in [7, 11) is 1.81. The lowest BCUT2D eigenvalue weighted by Gasteiger charge is -2.33. The molecule has 1 nitrogen and oxygen atoms in total. The van der Waals surface area contributed by atoms with Crippen LogP contribution in [0.4, 0.5) is 8.78 Å². The summed E-state index contributed by atoms with van der Waals surface area (Å²) in [5.41, 5.74) is 0.612. The summed E-state index contributed by atoms with van der Waals surface area (Å²) in [5, 5.41) is 3.13. The van der Waals surface area contributed by atoms with E-state index < -0.39 is 11.6 Å². The van der Waals surface area contributed by atoms with E-state index in [0.717, 1.165) is 12.5 Å². The molecule has 0 radical (unpaired) electrons. The van der Waals surface area contributed by atoms with E-state index in [1.807, 2.05) is 7.05 Å². The molecule has 1 aromatic rings. The van der Waals surface area contributed by atoms with Crippen LogP contribution < -0.4 is 5.32 Å². The minimum atomic E-state index is -0.526. The van der Waals surface area contributed by atoms with E-state index >= 15 is 0 Å². The van der Waals surface area contributed by atoms with Crippen molar-refractivity contribution in [1.29, 1.82) is 0 Å². The molecule has 0 amide bonds. The molecule has 1 atom stereocenters. The summed E-state index contributed by atoms with van der Waals surface area (Å²) in [6.07, 6.45) is 0.927. The molecule has 0 saturated carbocycles. The summed E-state index contributed by atoms with van der Waals surface area (Å²) >= 11 is 0. The maximum Gasteiger partial charge on any atom is 0.126 e. The second-order valence-corrected chi connectivity index (χ2v) is 4.77. The molecular formula is C13H19F2N. The molecule has 0 aliphatic heterocycles. The Morgan fingerprint density at radius 2 is 1.69 bits per heavy atom. The number of nitrogens with one attached hydrogen (secondary N) is 1. The number of benzene rings is 1. The highest BCUT2D eigenvalue weighted by atomic mass is 19.1. The molecule has 0 heterocycles. The van der Waals surface area contributed by atoms with Crippen molar-refractivity contribution in [3.8, 4) is 0 Å². The van der Waals surface area contributed by atoms with Gasteiger partial charge >= 0.3 is 0 Å². The Hall–Kier alpha value is -0.960. The molecule has 16 heavy (non-hydrogen) atoms. The van der Waals surface area contributed by atoms with E-state index in [1.54, 1.807) is 0 Å². The summed E-state index contributed by atoms with van der Waals surface area (Å²) in [4.78, 5) is 0. The van der Waals surface area contributed by atoms with E-state index in [9.17, 15) is 8.78 Å². The summed E-state index contributed by atoms with van der Waals surface area (Å²) in [6, 6.07) is 3.63. The molecule has 0 bridgehead atoms. The minimum Gasteiger partial charge on any atom is -0.313 e. The molecule has 0 aliphatic carbocycles. The third kappa shape index (κ3) is 2.79. The largest absolute Gasteiger partial charge is 0.313 e. The van der Waals surface area contributed by atoms with Crippen LogP contribution in [0.15, 0.2) is 18.2 Å². The van der Waals surface area contributed by atoms with Gasteiger partial charge in [0.05, 0.1) is 0 Å². The van der Waals surface area contributed by atoms with Gasteiger partial charge in [-0.05, 0) is 36.6 Å². The first-order chi connectivity index (χ1) is 7.40. The minimum absolute atomic E-state index is 0.0466. The van der Waals surface area contributed by atoms with Gasteiger partial charge in [-0.1, -0.05) is 20.8 Å². The molecule has 0 aromatic heterocycles. The Balaban J connectivity index is 3.13. The zero-order valence-electron chi connectivity index (χ0n) is 10.3.